The Labute approximate surface area is 88.2 Å². The summed E-state index contributed by atoms with van der Waals surface area (Å²) in [6.07, 6.45) is 5.42. The fourth-order valence-electron chi connectivity index (χ4n) is 1.57. The fraction of sp³-hybridized carbons (Fsp3) is 0.900. The van der Waals surface area contributed by atoms with Crippen molar-refractivity contribution in [2.75, 3.05) is 6.61 Å². The summed E-state index contributed by atoms with van der Waals surface area (Å²) in [5, 5.41) is 0. The quantitative estimate of drug-likeness (QED) is 0.565. The van der Waals surface area contributed by atoms with Crippen molar-refractivity contribution in [2.45, 2.75) is 43.9 Å². The molecule has 0 aromatic rings. The van der Waals surface area contributed by atoms with Crippen molar-refractivity contribution in [3.05, 3.63) is 0 Å². The molecule has 13 heavy (non-hydrogen) atoms. The van der Waals surface area contributed by atoms with Crippen molar-refractivity contribution >= 4 is 21.9 Å². The zero-order valence-electron chi connectivity index (χ0n) is 8.09. The third kappa shape index (κ3) is 3.67. The van der Waals surface area contributed by atoms with Gasteiger partial charge in [-0.1, -0.05) is 35.7 Å². The second-order valence-electron chi connectivity index (χ2n) is 3.62. The van der Waals surface area contributed by atoms with Gasteiger partial charge in [-0.3, -0.25) is 4.79 Å². The van der Waals surface area contributed by atoms with Crippen LogP contribution in [0.1, 0.15) is 39.0 Å². The monoisotopic (exact) mass is 248 g/mol. The second-order valence-corrected chi connectivity index (χ2v) is 4.91. The van der Waals surface area contributed by atoms with Gasteiger partial charge in [0.15, 0.2) is 0 Å². The van der Waals surface area contributed by atoms with Crippen molar-refractivity contribution in [2.24, 2.45) is 5.92 Å². The van der Waals surface area contributed by atoms with E-state index in [-0.39, 0.29) is 11.9 Å². The van der Waals surface area contributed by atoms with Crippen LogP contribution in [0.3, 0.4) is 0 Å². The van der Waals surface area contributed by atoms with Gasteiger partial charge in [0.2, 0.25) is 0 Å². The SMILES string of the molecule is CCC(Br)COC(=O)C1CCCC1. The molecule has 0 aromatic carbocycles. The molecule has 1 atom stereocenters. The number of hydrogen-bond acceptors (Lipinski definition) is 2. The van der Waals surface area contributed by atoms with Gasteiger partial charge in [-0.25, -0.2) is 0 Å². The van der Waals surface area contributed by atoms with Gasteiger partial charge in [0, 0.05) is 4.83 Å². The van der Waals surface area contributed by atoms with Crippen molar-refractivity contribution < 1.29 is 9.53 Å². The molecular weight excluding hydrogens is 232 g/mol. The average molecular weight is 249 g/mol. The van der Waals surface area contributed by atoms with E-state index >= 15 is 0 Å². The summed E-state index contributed by atoms with van der Waals surface area (Å²) in [6, 6.07) is 0. The van der Waals surface area contributed by atoms with Crippen LogP contribution < -0.4 is 0 Å². The largest absolute Gasteiger partial charge is 0.464 e. The molecular formula is C10H17BrO2. The molecule has 1 aliphatic carbocycles. The highest BCUT2D eigenvalue weighted by molar-refractivity contribution is 9.09. The van der Waals surface area contributed by atoms with Crippen molar-refractivity contribution in [3.63, 3.8) is 0 Å². The molecule has 0 saturated heterocycles. The summed E-state index contributed by atoms with van der Waals surface area (Å²) in [6.45, 7) is 2.59. The standard InChI is InChI=1S/C10H17BrO2/c1-2-9(11)7-13-10(12)8-5-3-4-6-8/h8-9H,2-7H2,1H3. The van der Waals surface area contributed by atoms with Crippen molar-refractivity contribution in [1.82, 2.24) is 0 Å². The molecule has 1 saturated carbocycles. The van der Waals surface area contributed by atoms with Gasteiger partial charge in [0.1, 0.15) is 6.61 Å². The van der Waals surface area contributed by atoms with Gasteiger partial charge in [-0.2, -0.15) is 0 Å². The second kappa shape index (κ2) is 5.63. The third-order valence-electron chi connectivity index (χ3n) is 2.54. The van der Waals surface area contributed by atoms with Gasteiger partial charge in [-0.05, 0) is 19.3 Å². The molecule has 0 aliphatic heterocycles. The molecule has 0 N–H and O–H groups in total. The first-order valence-corrected chi connectivity index (χ1v) is 5.96. The Hall–Kier alpha value is -0.0500. The maximum Gasteiger partial charge on any atom is 0.308 e. The molecule has 1 rings (SSSR count). The van der Waals surface area contributed by atoms with E-state index in [4.69, 9.17) is 4.74 Å². The Morgan fingerprint density at radius 2 is 2.15 bits per heavy atom. The van der Waals surface area contributed by atoms with Crippen molar-refractivity contribution in [1.29, 1.82) is 0 Å². The first kappa shape index (κ1) is 11.0. The molecule has 1 aliphatic rings. The Morgan fingerprint density at radius 1 is 1.54 bits per heavy atom. The highest BCUT2D eigenvalue weighted by Crippen LogP contribution is 2.25. The summed E-state index contributed by atoms with van der Waals surface area (Å²) in [5.74, 6) is 0.201. The van der Waals surface area contributed by atoms with Crippen LogP contribution in [-0.2, 0) is 9.53 Å². The predicted octanol–water partition coefficient (Wildman–Crippen LogP) is 2.89. The summed E-state index contributed by atoms with van der Waals surface area (Å²) >= 11 is 3.44. The fourth-order valence-corrected chi connectivity index (χ4v) is 1.70. The van der Waals surface area contributed by atoms with Crippen LogP contribution >= 0.6 is 15.9 Å². The maximum absolute atomic E-state index is 11.4. The number of carbonyl (C=O) groups excluding carboxylic acids is 1. The van der Waals surface area contributed by atoms with E-state index in [0.717, 1.165) is 19.3 Å². The molecule has 0 aromatic heterocycles. The zero-order chi connectivity index (χ0) is 9.68. The van der Waals surface area contributed by atoms with Gasteiger partial charge in [-0.15, -0.1) is 0 Å². The topological polar surface area (TPSA) is 26.3 Å². The van der Waals surface area contributed by atoms with Gasteiger partial charge < -0.3 is 4.74 Å². The highest BCUT2D eigenvalue weighted by Gasteiger charge is 2.24. The predicted molar refractivity (Wildman–Crippen MR) is 55.9 cm³/mol. The van der Waals surface area contributed by atoms with Crippen LogP contribution in [0.5, 0.6) is 0 Å². The van der Waals surface area contributed by atoms with Crippen LogP contribution in [0.25, 0.3) is 0 Å². The molecule has 0 bridgehead atoms. The van der Waals surface area contributed by atoms with Gasteiger partial charge in [0.05, 0.1) is 5.92 Å². The molecule has 0 radical (unpaired) electrons. The van der Waals surface area contributed by atoms with Crippen LogP contribution in [0.4, 0.5) is 0 Å². The van der Waals surface area contributed by atoms with Crippen molar-refractivity contribution in [3.8, 4) is 0 Å². The molecule has 3 heteroatoms. The molecule has 1 fully saturated rings. The Kier molecular flexibility index (Phi) is 4.78. The van der Waals surface area contributed by atoms with Crippen LogP contribution in [0, 0.1) is 5.92 Å². The summed E-state index contributed by atoms with van der Waals surface area (Å²) in [4.78, 5) is 11.7. The zero-order valence-corrected chi connectivity index (χ0v) is 9.68. The van der Waals surface area contributed by atoms with Crippen LogP contribution in [0.2, 0.25) is 0 Å². The molecule has 0 amide bonds. The number of alkyl halides is 1. The minimum Gasteiger partial charge on any atom is -0.464 e. The van der Waals surface area contributed by atoms with Crippen LogP contribution in [0.15, 0.2) is 0 Å². The Balaban J connectivity index is 2.16. The van der Waals surface area contributed by atoms with Crippen LogP contribution in [-0.4, -0.2) is 17.4 Å². The number of halogens is 1. The molecule has 76 valence electrons. The molecule has 1 unspecified atom stereocenters. The lowest BCUT2D eigenvalue weighted by molar-refractivity contribution is -0.148. The number of esters is 1. The summed E-state index contributed by atoms with van der Waals surface area (Å²) in [5.41, 5.74) is 0. The minimum absolute atomic E-state index is 0.00963. The lowest BCUT2D eigenvalue weighted by Crippen LogP contribution is -2.19. The third-order valence-corrected chi connectivity index (χ3v) is 3.45. The van der Waals surface area contributed by atoms with E-state index in [0.29, 0.717) is 11.4 Å². The summed E-state index contributed by atoms with van der Waals surface area (Å²) in [7, 11) is 0. The van der Waals surface area contributed by atoms with E-state index in [2.05, 4.69) is 22.9 Å². The van der Waals surface area contributed by atoms with Gasteiger partial charge in [0.25, 0.3) is 0 Å². The minimum atomic E-state index is 0.00963. The molecule has 0 heterocycles. The maximum atomic E-state index is 11.4. The number of ether oxygens (including phenoxy) is 1. The first-order chi connectivity index (χ1) is 6.24. The average Bonchev–Trinajstić information content (AvgIpc) is 2.66. The number of hydrogen-bond donors (Lipinski definition) is 0. The van der Waals surface area contributed by atoms with E-state index < -0.39 is 0 Å². The van der Waals surface area contributed by atoms with E-state index in [1.165, 1.54) is 12.8 Å². The highest BCUT2D eigenvalue weighted by atomic mass is 79.9. The lowest BCUT2D eigenvalue weighted by atomic mass is 10.1. The normalized spacial score (nSPS) is 20.2. The summed E-state index contributed by atoms with van der Waals surface area (Å²) < 4.78 is 5.19. The molecule has 2 nitrogen and oxygen atoms in total. The lowest BCUT2D eigenvalue weighted by Gasteiger charge is -2.11. The Bertz CT molecular complexity index is 164. The number of rotatable bonds is 4. The smallest absolute Gasteiger partial charge is 0.308 e. The van der Waals surface area contributed by atoms with E-state index in [1.54, 1.807) is 0 Å². The number of carbonyl (C=O) groups is 1. The molecule has 0 spiro atoms. The first-order valence-electron chi connectivity index (χ1n) is 5.04. The van der Waals surface area contributed by atoms with E-state index in [1.807, 2.05) is 0 Å². The van der Waals surface area contributed by atoms with Gasteiger partial charge >= 0.3 is 5.97 Å². The Morgan fingerprint density at radius 3 is 2.69 bits per heavy atom. The van der Waals surface area contributed by atoms with E-state index in [9.17, 15) is 4.79 Å².